The predicted molar refractivity (Wildman–Crippen MR) is 60.1 cm³/mol. The third-order valence-electron chi connectivity index (χ3n) is 1.97. The molecule has 0 heterocycles. The number of benzene rings is 1. The lowest BCUT2D eigenvalue weighted by Gasteiger charge is -2.09. The summed E-state index contributed by atoms with van der Waals surface area (Å²) in [6, 6.07) is 5.13. The van der Waals surface area contributed by atoms with Gasteiger partial charge in [0.15, 0.2) is 5.78 Å². The molecule has 0 saturated heterocycles. The second-order valence-electron chi connectivity index (χ2n) is 2.99. The summed E-state index contributed by atoms with van der Waals surface area (Å²) >= 11 is 11.4. The molecule has 0 amide bonds. The lowest BCUT2D eigenvalue weighted by molar-refractivity contribution is 0.0991. The van der Waals surface area contributed by atoms with E-state index in [1.807, 2.05) is 0 Å². The molecule has 1 rings (SSSR count). The Morgan fingerprint density at radius 3 is 2.71 bits per heavy atom. The fourth-order valence-electron chi connectivity index (χ4n) is 1.20. The van der Waals surface area contributed by atoms with E-state index in [2.05, 4.69) is 0 Å². The van der Waals surface area contributed by atoms with Crippen molar-refractivity contribution < 1.29 is 4.79 Å². The van der Waals surface area contributed by atoms with Crippen molar-refractivity contribution in [2.75, 3.05) is 5.73 Å². The maximum atomic E-state index is 11.6. The topological polar surface area (TPSA) is 43.1 Å². The van der Waals surface area contributed by atoms with Gasteiger partial charge in [-0.05, 0) is 13.0 Å². The van der Waals surface area contributed by atoms with Crippen LogP contribution in [0.25, 0.3) is 0 Å². The van der Waals surface area contributed by atoms with Crippen molar-refractivity contribution in [3.05, 3.63) is 29.3 Å². The van der Waals surface area contributed by atoms with Crippen LogP contribution in [-0.4, -0.2) is 11.2 Å². The molecule has 2 N–H and O–H groups in total. The Labute approximate surface area is 93.0 Å². The lowest BCUT2D eigenvalue weighted by atomic mass is 10.0. The Morgan fingerprint density at radius 1 is 1.57 bits per heavy atom. The Hall–Kier alpha value is -0.730. The third kappa shape index (κ3) is 2.20. The average Bonchev–Trinajstić information content (AvgIpc) is 2.16. The highest BCUT2D eigenvalue weighted by molar-refractivity contribution is 6.34. The second-order valence-corrected chi connectivity index (χ2v) is 3.91. The van der Waals surface area contributed by atoms with E-state index < -0.39 is 5.38 Å². The maximum Gasteiger partial charge on any atom is 0.180 e. The van der Waals surface area contributed by atoms with Crippen LogP contribution in [-0.2, 0) is 5.88 Å². The van der Waals surface area contributed by atoms with Gasteiger partial charge in [-0.25, -0.2) is 0 Å². The molecular formula is C10H11Cl2NO. The van der Waals surface area contributed by atoms with Gasteiger partial charge in [0.05, 0.1) is 11.3 Å². The number of anilines is 1. The normalized spacial score (nSPS) is 12.5. The summed E-state index contributed by atoms with van der Waals surface area (Å²) in [5, 5.41) is -0.557. The van der Waals surface area contributed by atoms with Crippen LogP contribution in [0.2, 0.25) is 0 Å². The molecule has 0 aliphatic rings. The van der Waals surface area contributed by atoms with Crippen molar-refractivity contribution in [2.24, 2.45) is 0 Å². The number of carbonyl (C=O) groups excluding carboxylic acids is 1. The Balaban J connectivity index is 3.20. The number of hydrogen-bond acceptors (Lipinski definition) is 2. The number of nitrogens with two attached hydrogens (primary N) is 1. The predicted octanol–water partition coefficient (Wildman–Crippen LogP) is 2.82. The molecule has 0 bridgehead atoms. The van der Waals surface area contributed by atoms with E-state index in [9.17, 15) is 4.79 Å². The first-order chi connectivity index (χ1) is 6.57. The van der Waals surface area contributed by atoms with Crippen molar-refractivity contribution in [1.82, 2.24) is 0 Å². The van der Waals surface area contributed by atoms with E-state index in [0.717, 1.165) is 0 Å². The molecule has 1 unspecified atom stereocenters. The fourth-order valence-corrected chi connectivity index (χ4v) is 1.61. The van der Waals surface area contributed by atoms with Crippen LogP contribution in [0, 0.1) is 0 Å². The summed E-state index contributed by atoms with van der Waals surface area (Å²) in [6.45, 7) is 1.63. The van der Waals surface area contributed by atoms with Crippen molar-refractivity contribution in [1.29, 1.82) is 0 Å². The second kappa shape index (κ2) is 4.67. The largest absolute Gasteiger partial charge is 0.398 e. The molecule has 0 aromatic heterocycles. The molecule has 1 atom stereocenters. The SMILES string of the molecule is CC(Cl)C(=O)c1cccc(N)c1CCl. The first-order valence-corrected chi connectivity index (χ1v) is 5.16. The Bertz CT molecular complexity index is 350. The van der Waals surface area contributed by atoms with Gasteiger partial charge in [0.2, 0.25) is 0 Å². The molecule has 0 aliphatic heterocycles. The summed E-state index contributed by atoms with van der Waals surface area (Å²) in [6.07, 6.45) is 0. The standard InChI is InChI=1S/C10H11Cl2NO/c1-6(12)10(14)7-3-2-4-9(13)8(7)5-11/h2-4,6H,5,13H2,1H3. The zero-order valence-corrected chi connectivity index (χ0v) is 9.27. The minimum atomic E-state index is -0.557. The number of nitrogen functional groups attached to an aromatic ring is 1. The van der Waals surface area contributed by atoms with Gasteiger partial charge in [0.25, 0.3) is 0 Å². The van der Waals surface area contributed by atoms with Gasteiger partial charge in [0, 0.05) is 16.8 Å². The van der Waals surface area contributed by atoms with Crippen molar-refractivity contribution >= 4 is 34.7 Å². The van der Waals surface area contributed by atoms with E-state index in [0.29, 0.717) is 16.8 Å². The first-order valence-electron chi connectivity index (χ1n) is 4.19. The third-order valence-corrected chi connectivity index (χ3v) is 2.44. The summed E-state index contributed by atoms with van der Waals surface area (Å²) in [5.41, 5.74) is 7.40. The van der Waals surface area contributed by atoms with Gasteiger partial charge < -0.3 is 5.73 Å². The van der Waals surface area contributed by atoms with Gasteiger partial charge in [-0.2, -0.15) is 0 Å². The molecular weight excluding hydrogens is 221 g/mol. The van der Waals surface area contributed by atoms with Gasteiger partial charge in [0.1, 0.15) is 0 Å². The number of alkyl halides is 2. The van der Waals surface area contributed by atoms with Gasteiger partial charge in [-0.1, -0.05) is 12.1 Å². The molecule has 1 aromatic rings. The van der Waals surface area contributed by atoms with Gasteiger partial charge in [-0.3, -0.25) is 4.79 Å². The summed E-state index contributed by atoms with van der Waals surface area (Å²) in [7, 11) is 0. The van der Waals surface area contributed by atoms with Crippen molar-refractivity contribution in [3.63, 3.8) is 0 Å². The highest BCUT2D eigenvalue weighted by Crippen LogP contribution is 2.21. The van der Waals surface area contributed by atoms with Crippen LogP contribution in [0.15, 0.2) is 18.2 Å². The average molecular weight is 232 g/mol. The highest BCUT2D eigenvalue weighted by atomic mass is 35.5. The number of Topliss-reactive ketones (excluding diaryl/α,β-unsaturated/α-hetero) is 1. The molecule has 1 aromatic carbocycles. The van der Waals surface area contributed by atoms with E-state index in [4.69, 9.17) is 28.9 Å². The minimum absolute atomic E-state index is 0.144. The summed E-state index contributed by atoms with van der Waals surface area (Å²) in [5.74, 6) is 0.0757. The molecule has 14 heavy (non-hydrogen) atoms. The zero-order chi connectivity index (χ0) is 10.7. The number of ketones is 1. The van der Waals surface area contributed by atoms with E-state index in [1.54, 1.807) is 25.1 Å². The fraction of sp³-hybridized carbons (Fsp3) is 0.300. The maximum absolute atomic E-state index is 11.6. The van der Waals surface area contributed by atoms with Gasteiger partial charge >= 0.3 is 0 Å². The quantitative estimate of drug-likeness (QED) is 0.494. The van der Waals surface area contributed by atoms with Gasteiger partial charge in [-0.15, -0.1) is 23.2 Å². The Morgan fingerprint density at radius 2 is 2.21 bits per heavy atom. The number of halogens is 2. The molecule has 2 nitrogen and oxygen atoms in total. The van der Waals surface area contributed by atoms with Crippen LogP contribution in [0.5, 0.6) is 0 Å². The van der Waals surface area contributed by atoms with Crippen LogP contribution in [0.3, 0.4) is 0 Å². The number of hydrogen-bond donors (Lipinski definition) is 1. The molecule has 76 valence electrons. The molecule has 0 fully saturated rings. The van der Waals surface area contributed by atoms with Crippen LogP contribution >= 0.6 is 23.2 Å². The smallest absolute Gasteiger partial charge is 0.180 e. The first kappa shape index (κ1) is 11.3. The monoisotopic (exact) mass is 231 g/mol. The van der Waals surface area contributed by atoms with Crippen molar-refractivity contribution in [2.45, 2.75) is 18.2 Å². The number of rotatable bonds is 3. The van der Waals surface area contributed by atoms with E-state index in [1.165, 1.54) is 0 Å². The Kier molecular flexibility index (Phi) is 3.78. The summed E-state index contributed by atoms with van der Waals surface area (Å²) < 4.78 is 0. The molecule has 4 heteroatoms. The van der Waals surface area contributed by atoms with Crippen LogP contribution < -0.4 is 5.73 Å². The van der Waals surface area contributed by atoms with Crippen LogP contribution in [0.4, 0.5) is 5.69 Å². The number of carbonyl (C=O) groups is 1. The minimum Gasteiger partial charge on any atom is -0.398 e. The van der Waals surface area contributed by atoms with Crippen molar-refractivity contribution in [3.8, 4) is 0 Å². The van der Waals surface area contributed by atoms with E-state index in [-0.39, 0.29) is 11.7 Å². The molecule has 0 aliphatic carbocycles. The lowest BCUT2D eigenvalue weighted by Crippen LogP contribution is -2.13. The molecule has 0 saturated carbocycles. The zero-order valence-electron chi connectivity index (χ0n) is 7.76. The molecule has 0 spiro atoms. The molecule has 0 radical (unpaired) electrons. The van der Waals surface area contributed by atoms with E-state index >= 15 is 0 Å². The summed E-state index contributed by atoms with van der Waals surface area (Å²) in [4.78, 5) is 11.6. The van der Waals surface area contributed by atoms with Crippen LogP contribution in [0.1, 0.15) is 22.8 Å². The highest BCUT2D eigenvalue weighted by Gasteiger charge is 2.16.